The summed E-state index contributed by atoms with van der Waals surface area (Å²) in [5.41, 5.74) is 0.375. The van der Waals surface area contributed by atoms with Gasteiger partial charge in [-0.2, -0.15) is 0 Å². The van der Waals surface area contributed by atoms with E-state index in [1.165, 1.54) is 10.9 Å². The Morgan fingerprint density at radius 3 is 2.68 bits per heavy atom. The van der Waals surface area contributed by atoms with Gasteiger partial charge in [-0.15, -0.1) is 11.3 Å². The molecular formula is C13H13ClN2O2S. The molecule has 1 aromatic heterocycles. The minimum atomic E-state index is -0.430. The van der Waals surface area contributed by atoms with Crippen LogP contribution in [0, 0.1) is 10.1 Å². The van der Waals surface area contributed by atoms with Gasteiger partial charge in [-0.3, -0.25) is 10.1 Å². The quantitative estimate of drug-likeness (QED) is 0.653. The van der Waals surface area contributed by atoms with Crippen molar-refractivity contribution in [1.29, 1.82) is 0 Å². The average molecular weight is 297 g/mol. The average Bonchev–Trinajstić information content (AvgIpc) is 2.85. The van der Waals surface area contributed by atoms with E-state index in [-0.39, 0.29) is 5.69 Å². The van der Waals surface area contributed by atoms with E-state index in [4.69, 9.17) is 11.6 Å². The molecule has 0 spiro atoms. The van der Waals surface area contributed by atoms with Crippen molar-refractivity contribution in [2.45, 2.75) is 19.9 Å². The summed E-state index contributed by atoms with van der Waals surface area (Å²) in [6.07, 6.45) is 0.997. The highest BCUT2D eigenvalue weighted by atomic mass is 35.5. The molecule has 0 atom stereocenters. The predicted molar refractivity (Wildman–Crippen MR) is 79.1 cm³/mol. The number of para-hydroxylation sites is 1. The Kier molecular flexibility index (Phi) is 4.39. The molecule has 4 nitrogen and oxygen atoms in total. The minimum Gasteiger partial charge on any atom is -0.373 e. The lowest BCUT2D eigenvalue weighted by Crippen LogP contribution is -2.02. The van der Waals surface area contributed by atoms with Crippen LogP contribution in [-0.2, 0) is 13.0 Å². The number of rotatable bonds is 5. The van der Waals surface area contributed by atoms with Gasteiger partial charge in [-0.05, 0) is 24.6 Å². The molecule has 0 saturated heterocycles. The molecule has 0 saturated carbocycles. The van der Waals surface area contributed by atoms with Gasteiger partial charge in [0.05, 0.1) is 9.95 Å². The second kappa shape index (κ2) is 6.04. The minimum absolute atomic E-state index is 0.000212. The van der Waals surface area contributed by atoms with Gasteiger partial charge in [0.1, 0.15) is 5.69 Å². The molecule has 0 fully saturated rings. The fraction of sp³-hybridized carbons (Fsp3) is 0.231. The number of hydrogen-bond acceptors (Lipinski definition) is 4. The molecule has 0 aliphatic heterocycles. The number of halogens is 1. The van der Waals surface area contributed by atoms with Crippen LogP contribution in [-0.4, -0.2) is 4.92 Å². The van der Waals surface area contributed by atoms with Gasteiger partial charge >= 0.3 is 0 Å². The van der Waals surface area contributed by atoms with E-state index < -0.39 is 4.92 Å². The zero-order chi connectivity index (χ0) is 13.8. The third-order valence-electron chi connectivity index (χ3n) is 2.69. The van der Waals surface area contributed by atoms with E-state index in [9.17, 15) is 10.1 Å². The third kappa shape index (κ3) is 3.24. The molecule has 0 radical (unpaired) electrons. The fourth-order valence-corrected chi connectivity index (χ4v) is 2.86. The molecule has 19 heavy (non-hydrogen) atoms. The topological polar surface area (TPSA) is 55.2 Å². The maximum atomic E-state index is 10.9. The molecule has 0 aliphatic rings. The zero-order valence-corrected chi connectivity index (χ0v) is 11.9. The SMILES string of the molecule is CCc1ccc(CNc2c(Cl)cccc2[N+](=O)[O-])s1. The maximum absolute atomic E-state index is 10.9. The lowest BCUT2D eigenvalue weighted by atomic mass is 10.2. The Labute approximate surface area is 120 Å². The number of aryl methyl sites for hydroxylation is 1. The van der Waals surface area contributed by atoms with Crippen molar-refractivity contribution in [1.82, 2.24) is 0 Å². The van der Waals surface area contributed by atoms with Crippen LogP contribution in [0.15, 0.2) is 30.3 Å². The van der Waals surface area contributed by atoms with Crippen molar-refractivity contribution >= 4 is 34.3 Å². The number of nitro groups is 1. The van der Waals surface area contributed by atoms with Crippen LogP contribution >= 0.6 is 22.9 Å². The highest BCUT2D eigenvalue weighted by Crippen LogP contribution is 2.32. The third-order valence-corrected chi connectivity index (χ3v) is 4.24. The van der Waals surface area contributed by atoms with Gasteiger partial charge in [-0.1, -0.05) is 24.6 Å². The predicted octanol–water partition coefficient (Wildman–Crippen LogP) is 4.48. The van der Waals surface area contributed by atoms with E-state index >= 15 is 0 Å². The van der Waals surface area contributed by atoms with E-state index in [0.29, 0.717) is 17.3 Å². The first-order chi connectivity index (χ1) is 9.11. The number of nitrogens with zero attached hydrogens (tertiary/aromatic N) is 1. The van der Waals surface area contributed by atoms with Crippen LogP contribution in [0.2, 0.25) is 5.02 Å². The smallest absolute Gasteiger partial charge is 0.293 e. The van der Waals surface area contributed by atoms with E-state index in [2.05, 4.69) is 18.3 Å². The Morgan fingerprint density at radius 1 is 1.32 bits per heavy atom. The first-order valence-corrected chi connectivity index (χ1v) is 7.05. The van der Waals surface area contributed by atoms with Crippen LogP contribution in [0.25, 0.3) is 0 Å². The maximum Gasteiger partial charge on any atom is 0.293 e. The second-order valence-electron chi connectivity index (χ2n) is 3.97. The molecule has 0 bridgehead atoms. The summed E-state index contributed by atoms with van der Waals surface area (Å²) in [5, 5.41) is 14.4. The molecular weight excluding hydrogens is 284 g/mol. The Balaban J connectivity index is 2.17. The normalized spacial score (nSPS) is 10.4. The Morgan fingerprint density at radius 2 is 2.05 bits per heavy atom. The van der Waals surface area contributed by atoms with Crippen LogP contribution < -0.4 is 5.32 Å². The number of nitrogens with one attached hydrogen (secondary N) is 1. The van der Waals surface area contributed by atoms with Gasteiger partial charge in [-0.25, -0.2) is 0 Å². The fourth-order valence-electron chi connectivity index (χ4n) is 1.72. The summed E-state index contributed by atoms with van der Waals surface area (Å²) in [6.45, 7) is 2.64. The largest absolute Gasteiger partial charge is 0.373 e. The molecule has 0 amide bonds. The standard InChI is InChI=1S/C13H13ClN2O2S/c1-2-9-6-7-10(19-9)8-15-13-11(14)4-3-5-12(13)16(17)18/h3-7,15H,2,8H2,1H3. The molecule has 0 aliphatic carbocycles. The molecule has 1 N–H and O–H groups in total. The number of hydrogen-bond donors (Lipinski definition) is 1. The van der Waals surface area contributed by atoms with Crippen molar-refractivity contribution in [2.24, 2.45) is 0 Å². The first-order valence-electron chi connectivity index (χ1n) is 5.86. The molecule has 1 heterocycles. The number of nitro benzene ring substituents is 1. The van der Waals surface area contributed by atoms with Gasteiger partial charge in [0, 0.05) is 22.4 Å². The lowest BCUT2D eigenvalue weighted by molar-refractivity contribution is -0.383. The molecule has 2 aromatic rings. The summed E-state index contributed by atoms with van der Waals surface area (Å²) >= 11 is 7.71. The van der Waals surface area contributed by atoms with Gasteiger partial charge in [0.2, 0.25) is 0 Å². The molecule has 0 unspecified atom stereocenters. The highest BCUT2D eigenvalue weighted by molar-refractivity contribution is 7.12. The Hall–Kier alpha value is -1.59. The van der Waals surface area contributed by atoms with Crippen LogP contribution in [0.3, 0.4) is 0 Å². The molecule has 100 valence electrons. The summed E-state index contributed by atoms with van der Waals surface area (Å²) in [6, 6.07) is 8.76. The number of benzene rings is 1. The van der Waals surface area contributed by atoms with Crippen molar-refractivity contribution in [3.8, 4) is 0 Å². The second-order valence-corrected chi connectivity index (χ2v) is 5.63. The summed E-state index contributed by atoms with van der Waals surface area (Å²) in [4.78, 5) is 12.9. The van der Waals surface area contributed by atoms with Crippen molar-refractivity contribution < 1.29 is 4.92 Å². The van der Waals surface area contributed by atoms with Crippen molar-refractivity contribution in [3.63, 3.8) is 0 Å². The monoisotopic (exact) mass is 296 g/mol. The first kappa shape index (κ1) is 13.8. The van der Waals surface area contributed by atoms with E-state index in [1.807, 2.05) is 6.07 Å². The van der Waals surface area contributed by atoms with Gasteiger partial charge in [0.25, 0.3) is 5.69 Å². The summed E-state index contributed by atoms with van der Waals surface area (Å²) in [5.74, 6) is 0. The number of thiophene rings is 1. The van der Waals surface area contributed by atoms with Crippen molar-refractivity contribution in [3.05, 3.63) is 55.2 Å². The van der Waals surface area contributed by atoms with E-state index in [1.54, 1.807) is 23.5 Å². The van der Waals surface area contributed by atoms with Crippen LogP contribution in [0.5, 0.6) is 0 Å². The van der Waals surface area contributed by atoms with Crippen LogP contribution in [0.1, 0.15) is 16.7 Å². The summed E-state index contributed by atoms with van der Waals surface area (Å²) < 4.78 is 0. The van der Waals surface area contributed by atoms with Crippen molar-refractivity contribution in [2.75, 3.05) is 5.32 Å². The highest BCUT2D eigenvalue weighted by Gasteiger charge is 2.16. The summed E-state index contributed by atoms with van der Waals surface area (Å²) in [7, 11) is 0. The lowest BCUT2D eigenvalue weighted by Gasteiger charge is -2.07. The van der Waals surface area contributed by atoms with E-state index in [0.717, 1.165) is 11.3 Å². The van der Waals surface area contributed by atoms with Crippen LogP contribution in [0.4, 0.5) is 11.4 Å². The zero-order valence-electron chi connectivity index (χ0n) is 10.4. The number of anilines is 1. The molecule has 6 heteroatoms. The Bertz CT molecular complexity index is 598. The molecule has 1 aromatic carbocycles. The molecule has 2 rings (SSSR count). The van der Waals surface area contributed by atoms with Gasteiger partial charge < -0.3 is 5.32 Å². The van der Waals surface area contributed by atoms with Gasteiger partial charge in [0.15, 0.2) is 0 Å².